The van der Waals surface area contributed by atoms with Crippen LogP contribution in [0.2, 0.25) is 0 Å². The summed E-state index contributed by atoms with van der Waals surface area (Å²) in [7, 11) is 1.63. The first kappa shape index (κ1) is 14.9. The number of amides is 1. The molecule has 0 N–H and O–H groups in total. The molecular formula is C17H22BrNO2. The molecule has 0 radical (unpaired) electrons. The van der Waals surface area contributed by atoms with Crippen molar-refractivity contribution in [3.8, 4) is 5.75 Å². The highest BCUT2D eigenvalue weighted by Crippen LogP contribution is 2.46. The highest BCUT2D eigenvalue weighted by Gasteiger charge is 2.38. The second kappa shape index (κ2) is 5.99. The molecule has 2 aliphatic rings. The van der Waals surface area contributed by atoms with E-state index in [0.29, 0.717) is 5.41 Å². The van der Waals surface area contributed by atoms with E-state index in [2.05, 4.69) is 15.9 Å². The second-order valence-electron chi connectivity index (χ2n) is 6.35. The Morgan fingerprint density at radius 3 is 2.43 bits per heavy atom. The fraction of sp³-hybridized carbons (Fsp3) is 0.588. The van der Waals surface area contributed by atoms with E-state index in [1.54, 1.807) is 7.11 Å². The number of likely N-dealkylation sites (tertiary alicyclic amines) is 1. The molecule has 1 amide bonds. The standard InChI is InChI=1S/C17H22BrNO2/c1-21-15-5-4-13(12-14(15)18)16(20)19-10-8-17(9-11-19)6-2-3-7-17/h4-5,12H,2-3,6-11H2,1H3. The average molecular weight is 352 g/mol. The number of carbonyl (C=O) groups is 1. The van der Waals surface area contributed by atoms with Crippen molar-refractivity contribution in [2.45, 2.75) is 38.5 Å². The van der Waals surface area contributed by atoms with Gasteiger partial charge in [-0.25, -0.2) is 0 Å². The molecule has 1 aromatic carbocycles. The number of hydrogen-bond donors (Lipinski definition) is 0. The van der Waals surface area contributed by atoms with Crippen molar-refractivity contribution in [3.63, 3.8) is 0 Å². The Bertz CT molecular complexity index is 528. The number of rotatable bonds is 2. The maximum atomic E-state index is 12.6. The summed E-state index contributed by atoms with van der Waals surface area (Å²) in [6.07, 6.45) is 7.83. The lowest BCUT2D eigenvalue weighted by molar-refractivity contribution is 0.0587. The molecule has 0 atom stereocenters. The minimum atomic E-state index is 0.145. The smallest absolute Gasteiger partial charge is 0.253 e. The predicted molar refractivity (Wildman–Crippen MR) is 86.7 cm³/mol. The number of benzene rings is 1. The van der Waals surface area contributed by atoms with Crippen LogP contribution in [0.5, 0.6) is 5.75 Å². The van der Waals surface area contributed by atoms with E-state index in [-0.39, 0.29) is 5.91 Å². The summed E-state index contributed by atoms with van der Waals surface area (Å²) in [6, 6.07) is 5.56. The van der Waals surface area contributed by atoms with Gasteiger partial charge in [0.25, 0.3) is 5.91 Å². The Labute approximate surface area is 134 Å². The van der Waals surface area contributed by atoms with Gasteiger partial charge in [0.15, 0.2) is 0 Å². The van der Waals surface area contributed by atoms with E-state index < -0.39 is 0 Å². The highest BCUT2D eigenvalue weighted by atomic mass is 79.9. The van der Waals surface area contributed by atoms with Gasteiger partial charge in [0, 0.05) is 18.7 Å². The molecule has 1 heterocycles. The van der Waals surface area contributed by atoms with Gasteiger partial charge in [0.1, 0.15) is 5.75 Å². The van der Waals surface area contributed by atoms with Gasteiger partial charge in [0.2, 0.25) is 0 Å². The van der Waals surface area contributed by atoms with E-state index >= 15 is 0 Å². The second-order valence-corrected chi connectivity index (χ2v) is 7.20. The van der Waals surface area contributed by atoms with Crippen LogP contribution in [0.4, 0.5) is 0 Å². The summed E-state index contributed by atoms with van der Waals surface area (Å²) in [6.45, 7) is 1.81. The SMILES string of the molecule is COc1ccc(C(=O)N2CCC3(CCCC3)CC2)cc1Br. The molecule has 1 aliphatic heterocycles. The maximum Gasteiger partial charge on any atom is 0.253 e. The van der Waals surface area contributed by atoms with Gasteiger partial charge in [-0.15, -0.1) is 0 Å². The number of piperidine rings is 1. The lowest BCUT2D eigenvalue weighted by atomic mass is 9.77. The fourth-order valence-corrected chi connectivity index (χ4v) is 4.33. The zero-order valence-corrected chi connectivity index (χ0v) is 14.1. The van der Waals surface area contributed by atoms with Gasteiger partial charge in [-0.05, 0) is 65.2 Å². The molecule has 114 valence electrons. The number of ether oxygens (including phenoxy) is 1. The predicted octanol–water partition coefficient (Wildman–Crippen LogP) is 4.25. The van der Waals surface area contributed by atoms with Gasteiger partial charge in [-0.3, -0.25) is 4.79 Å². The highest BCUT2D eigenvalue weighted by molar-refractivity contribution is 9.10. The van der Waals surface area contributed by atoms with E-state index in [0.717, 1.165) is 28.9 Å². The van der Waals surface area contributed by atoms with Crippen molar-refractivity contribution in [2.75, 3.05) is 20.2 Å². The zero-order chi connectivity index (χ0) is 14.9. The number of carbonyl (C=O) groups excluding carboxylic acids is 1. The molecule has 1 saturated heterocycles. The molecule has 0 unspecified atom stereocenters. The molecule has 1 saturated carbocycles. The number of hydrogen-bond acceptors (Lipinski definition) is 2. The van der Waals surface area contributed by atoms with Crippen LogP contribution in [-0.2, 0) is 0 Å². The van der Waals surface area contributed by atoms with E-state index in [1.165, 1.54) is 38.5 Å². The maximum absolute atomic E-state index is 12.6. The topological polar surface area (TPSA) is 29.5 Å². The summed E-state index contributed by atoms with van der Waals surface area (Å²) in [5.74, 6) is 0.904. The van der Waals surface area contributed by atoms with E-state index in [4.69, 9.17) is 4.74 Å². The van der Waals surface area contributed by atoms with Crippen LogP contribution >= 0.6 is 15.9 Å². The molecule has 1 spiro atoms. The van der Waals surface area contributed by atoms with Crippen LogP contribution < -0.4 is 4.74 Å². The first-order valence-electron chi connectivity index (χ1n) is 7.76. The quantitative estimate of drug-likeness (QED) is 0.796. The molecule has 1 aliphatic carbocycles. The van der Waals surface area contributed by atoms with Crippen LogP contribution in [0.15, 0.2) is 22.7 Å². The van der Waals surface area contributed by atoms with E-state index in [9.17, 15) is 4.79 Å². The Hall–Kier alpha value is -1.03. The van der Waals surface area contributed by atoms with Gasteiger partial charge in [-0.2, -0.15) is 0 Å². The third-order valence-electron chi connectivity index (χ3n) is 5.17. The molecule has 0 bridgehead atoms. The molecular weight excluding hydrogens is 330 g/mol. The van der Waals surface area contributed by atoms with Crippen LogP contribution in [0.3, 0.4) is 0 Å². The fourth-order valence-electron chi connectivity index (χ4n) is 3.79. The van der Waals surface area contributed by atoms with Crippen molar-refractivity contribution in [3.05, 3.63) is 28.2 Å². The Morgan fingerprint density at radius 2 is 1.86 bits per heavy atom. The lowest BCUT2D eigenvalue weighted by Crippen LogP contribution is -2.42. The first-order chi connectivity index (χ1) is 10.1. The minimum absolute atomic E-state index is 0.145. The number of methoxy groups -OCH3 is 1. The normalized spacial score (nSPS) is 20.8. The molecule has 3 nitrogen and oxygen atoms in total. The molecule has 21 heavy (non-hydrogen) atoms. The van der Waals surface area contributed by atoms with Crippen molar-refractivity contribution in [2.24, 2.45) is 5.41 Å². The van der Waals surface area contributed by atoms with Gasteiger partial charge in [-0.1, -0.05) is 12.8 Å². The number of nitrogens with zero attached hydrogens (tertiary/aromatic N) is 1. The summed E-state index contributed by atoms with van der Waals surface area (Å²) in [4.78, 5) is 14.6. The van der Waals surface area contributed by atoms with Crippen molar-refractivity contribution < 1.29 is 9.53 Å². The number of halogens is 1. The van der Waals surface area contributed by atoms with E-state index in [1.807, 2.05) is 23.1 Å². The van der Waals surface area contributed by atoms with Gasteiger partial charge in [0.05, 0.1) is 11.6 Å². The Balaban J connectivity index is 1.67. The average Bonchev–Trinajstić information content (AvgIpc) is 2.95. The monoisotopic (exact) mass is 351 g/mol. The molecule has 3 rings (SSSR count). The third kappa shape index (κ3) is 2.96. The summed E-state index contributed by atoms with van der Waals surface area (Å²) in [5.41, 5.74) is 1.29. The Morgan fingerprint density at radius 1 is 1.19 bits per heavy atom. The van der Waals surface area contributed by atoms with Gasteiger partial charge >= 0.3 is 0 Å². The van der Waals surface area contributed by atoms with Crippen LogP contribution in [0.25, 0.3) is 0 Å². The summed E-state index contributed by atoms with van der Waals surface area (Å²) in [5, 5.41) is 0. The minimum Gasteiger partial charge on any atom is -0.496 e. The van der Waals surface area contributed by atoms with Gasteiger partial charge < -0.3 is 9.64 Å². The molecule has 2 fully saturated rings. The summed E-state index contributed by atoms with van der Waals surface area (Å²) < 4.78 is 6.05. The molecule has 1 aromatic rings. The van der Waals surface area contributed by atoms with Crippen molar-refractivity contribution in [1.82, 2.24) is 4.90 Å². The zero-order valence-electron chi connectivity index (χ0n) is 12.5. The van der Waals surface area contributed by atoms with Crippen LogP contribution in [0.1, 0.15) is 48.9 Å². The Kier molecular flexibility index (Phi) is 4.25. The third-order valence-corrected chi connectivity index (χ3v) is 5.79. The lowest BCUT2D eigenvalue weighted by Gasteiger charge is -2.39. The van der Waals surface area contributed by atoms with Crippen molar-refractivity contribution >= 4 is 21.8 Å². The first-order valence-corrected chi connectivity index (χ1v) is 8.56. The summed E-state index contributed by atoms with van der Waals surface area (Å²) >= 11 is 3.45. The van der Waals surface area contributed by atoms with Crippen molar-refractivity contribution in [1.29, 1.82) is 0 Å². The van der Waals surface area contributed by atoms with Crippen LogP contribution in [-0.4, -0.2) is 31.0 Å². The molecule has 0 aromatic heterocycles. The largest absolute Gasteiger partial charge is 0.496 e. The van der Waals surface area contributed by atoms with Crippen LogP contribution in [0, 0.1) is 5.41 Å². The molecule has 4 heteroatoms.